The number of piperidine rings is 1. The molecule has 1 aromatic rings. The van der Waals surface area contributed by atoms with Gasteiger partial charge in [0.25, 0.3) is 5.91 Å². The van der Waals surface area contributed by atoms with Gasteiger partial charge in [0.1, 0.15) is 0 Å². The molecular weight excluding hydrogens is 316 g/mol. The van der Waals surface area contributed by atoms with Gasteiger partial charge >= 0.3 is 0 Å². The van der Waals surface area contributed by atoms with E-state index >= 15 is 0 Å². The maximum Gasteiger partial charge on any atom is 0.253 e. The molecule has 0 aromatic heterocycles. The molecule has 0 bridgehead atoms. The maximum atomic E-state index is 12.7. The Bertz CT molecular complexity index is 444. The summed E-state index contributed by atoms with van der Waals surface area (Å²) in [6.07, 6.45) is 3.35. The second-order valence-electron chi connectivity index (χ2n) is 5.45. The van der Waals surface area contributed by atoms with Crippen LogP contribution in [0.1, 0.15) is 36.5 Å². The lowest BCUT2D eigenvalue weighted by Gasteiger charge is -2.30. The fourth-order valence-electron chi connectivity index (χ4n) is 2.73. The van der Waals surface area contributed by atoms with Crippen molar-refractivity contribution < 1.29 is 4.79 Å². The van der Waals surface area contributed by atoms with Crippen molar-refractivity contribution in [2.45, 2.75) is 26.2 Å². The van der Waals surface area contributed by atoms with E-state index in [2.05, 4.69) is 28.2 Å². The fraction of sp³-hybridized carbons (Fsp3) is 0.562. The molecule has 1 aliphatic heterocycles. The van der Waals surface area contributed by atoms with Crippen LogP contribution in [0, 0.1) is 5.92 Å². The number of hydrogen-bond donors (Lipinski definition) is 1. The Morgan fingerprint density at radius 1 is 1.40 bits per heavy atom. The highest BCUT2D eigenvalue weighted by atomic mass is 79.9. The first-order chi connectivity index (χ1) is 9.70. The Balaban J connectivity index is 2.04. The summed E-state index contributed by atoms with van der Waals surface area (Å²) in [7, 11) is 0. The molecule has 0 spiro atoms. The maximum absolute atomic E-state index is 12.7. The Hall–Kier alpha value is -0.870. The Labute approximate surface area is 129 Å². The van der Waals surface area contributed by atoms with Gasteiger partial charge in [0.2, 0.25) is 0 Å². The molecule has 0 aliphatic carbocycles. The summed E-state index contributed by atoms with van der Waals surface area (Å²) in [6.45, 7) is 6.02. The van der Waals surface area contributed by atoms with Crippen molar-refractivity contribution in [3.05, 3.63) is 34.3 Å². The van der Waals surface area contributed by atoms with Crippen molar-refractivity contribution in [1.82, 2.24) is 10.2 Å². The smallest absolute Gasteiger partial charge is 0.253 e. The number of carbonyl (C=O) groups excluding carboxylic acids is 1. The summed E-state index contributed by atoms with van der Waals surface area (Å²) in [6, 6.07) is 7.69. The molecule has 1 heterocycles. The van der Waals surface area contributed by atoms with E-state index in [1.807, 2.05) is 29.2 Å². The molecule has 1 N–H and O–H groups in total. The highest BCUT2D eigenvalue weighted by Crippen LogP contribution is 2.18. The third kappa shape index (κ3) is 4.32. The molecule has 4 heteroatoms. The molecule has 0 saturated carbocycles. The van der Waals surface area contributed by atoms with Crippen LogP contribution >= 0.6 is 15.9 Å². The molecule has 20 heavy (non-hydrogen) atoms. The monoisotopic (exact) mass is 338 g/mol. The van der Waals surface area contributed by atoms with Gasteiger partial charge in [-0.25, -0.2) is 0 Å². The van der Waals surface area contributed by atoms with Gasteiger partial charge in [-0.05, 0) is 56.5 Å². The number of benzene rings is 1. The predicted octanol–water partition coefficient (Wildman–Crippen LogP) is 3.30. The summed E-state index contributed by atoms with van der Waals surface area (Å²) in [4.78, 5) is 14.7. The summed E-state index contributed by atoms with van der Waals surface area (Å²) in [5.74, 6) is 0.797. The van der Waals surface area contributed by atoms with Gasteiger partial charge in [-0.2, -0.15) is 0 Å². The number of hydrogen-bond acceptors (Lipinski definition) is 2. The number of amides is 1. The normalized spacial score (nSPS) is 16.1. The molecule has 110 valence electrons. The third-order valence-corrected chi connectivity index (χ3v) is 4.28. The van der Waals surface area contributed by atoms with E-state index < -0.39 is 0 Å². The zero-order valence-electron chi connectivity index (χ0n) is 12.1. The first-order valence-corrected chi connectivity index (χ1v) is 8.25. The Morgan fingerprint density at radius 3 is 2.80 bits per heavy atom. The standard InChI is InChI=1S/C16H23BrN2O/c1-2-10-19(12-13-6-8-18-9-7-13)16(20)14-4-3-5-15(17)11-14/h3-5,11,13,18H,2,6-10,12H2,1H3. The van der Waals surface area contributed by atoms with Crippen LogP contribution in [-0.2, 0) is 0 Å². The van der Waals surface area contributed by atoms with Gasteiger partial charge in [-0.3, -0.25) is 4.79 Å². The van der Waals surface area contributed by atoms with E-state index in [0.717, 1.165) is 42.6 Å². The quantitative estimate of drug-likeness (QED) is 0.893. The lowest BCUT2D eigenvalue weighted by molar-refractivity contribution is 0.0716. The predicted molar refractivity (Wildman–Crippen MR) is 85.9 cm³/mol. The van der Waals surface area contributed by atoms with Gasteiger partial charge in [0.15, 0.2) is 0 Å². The van der Waals surface area contributed by atoms with Crippen LogP contribution in [0.2, 0.25) is 0 Å². The van der Waals surface area contributed by atoms with Crippen LogP contribution in [0.5, 0.6) is 0 Å². The highest BCUT2D eigenvalue weighted by molar-refractivity contribution is 9.10. The lowest BCUT2D eigenvalue weighted by Crippen LogP contribution is -2.39. The number of carbonyl (C=O) groups is 1. The Morgan fingerprint density at radius 2 is 2.15 bits per heavy atom. The van der Waals surface area contributed by atoms with Crippen molar-refractivity contribution in [2.24, 2.45) is 5.92 Å². The molecule has 0 radical (unpaired) electrons. The second-order valence-corrected chi connectivity index (χ2v) is 6.37. The number of nitrogens with zero attached hydrogens (tertiary/aromatic N) is 1. The Kier molecular flexibility index (Phi) is 6.05. The number of nitrogens with one attached hydrogen (secondary N) is 1. The van der Waals surface area contributed by atoms with Crippen LogP contribution in [0.15, 0.2) is 28.7 Å². The highest BCUT2D eigenvalue weighted by Gasteiger charge is 2.21. The lowest BCUT2D eigenvalue weighted by atomic mass is 9.97. The molecule has 1 aromatic carbocycles. The molecule has 0 atom stereocenters. The van der Waals surface area contributed by atoms with E-state index in [9.17, 15) is 4.79 Å². The first kappa shape index (κ1) is 15.5. The topological polar surface area (TPSA) is 32.3 Å². The zero-order valence-corrected chi connectivity index (χ0v) is 13.7. The van der Waals surface area contributed by atoms with Gasteiger partial charge < -0.3 is 10.2 Å². The van der Waals surface area contributed by atoms with E-state index in [1.165, 1.54) is 12.8 Å². The van der Waals surface area contributed by atoms with Gasteiger partial charge in [0.05, 0.1) is 0 Å². The largest absolute Gasteiger partial charge is 0.338 e. The van der Waals surface area contributed by atoms with E-state index in [-0.39, 0.29) is 5.91 Å². The van der Waals surface area contributed by atoms with Crippen molar-refractivity contribution in [2.75, 3.05) is 26.2 Å². The van der Waals surface area contributed by atoms with Crippen molar-refractivity contribution >= 4 is 21.8 Å². The van der Waals surface area contributed by atoms with Gasteiger partial charge in [-0.1, -0.05) is 28.9 Å². The average Bonchev–Trinajstić information content (AvgIpc) is 2.47. The molecule has 1 fully saturated rings. The summed E-state index contributed by atoms with van der Waals surface area (Å²) in [5, 5.41) is 3.38. The summed E-state index contributed by atoms with van der Waals surface area (Å²) < 4.78 is 0.960. The van der Waals surface area contributed by atoms with Crippen molar-refractivity contribution in [3.63, 3.8) is 0 Å². The van der Waals surface area contributed by atoms with Crippen LogP contribution in [0.25, 0.3) is 0 Å². The average molecular weight is 339 g/mol. The van der Waals surface area contributed by atoms with Crippen molar-refractivity contribution in [3.8, 4) is 0 Å². The second kappa shape index (κ2) is 7.79. The van der Waals surface area contributed by atoms with Gasteiger partial charge in [0, 0.05) is 23.1 Å². The molecule has 1 amide bonds. The molecule has 1 aliphatic rings. The SMILES string of the molecule is CCCN(CC1CCNCC1)C(=O)c1cccc(Br)c1. The molecular formula is C16H23BrN2O. The first-order valence-electron chi connectivity index (χ1n) is 7.46. The van der Waals surface area contributed by atoms with Crippen LogP contribution in [0.3, 0.4) is 0 Å². The van der Waals surface area contributed by atoms with E-state index in [0.29, 0.717) is 5.92 Å². The van der Waals surface area contributed by atoms with Gasteiger partial charge in [-0.15, -0.1) is 0 Å². The number of halogens is 1. The molecule has 1 saturated heterocycles. The van der Waals surface area contributed by atoms with Crippen molar-refractivity contribution in [1.29, 1.82) is 0 Å². The van der Waals surface area contributed by atoms with Crippen LogP contribution in [0.4, 0.5) is 0 Å². The van der Waals surface area contributed by atoms with E-state index in [1.54, 1.807) is 0 Å². The van der Waals surface area contributed by atoms with E-state index in [4.69, 9.17) is 0 Å². The van der Waals surface area contributed by atoms with Crippen LogP contribution in [-0.4, -0.2) is 37.0 Å². The minimum absolute atomic E-state index is 0.159. The molecule has 0 unspecified atom stereocenters. The molecule has 2 rings (SSSR count). The third-order valence-electron chi connectivity index (χ3n) is 3.79. The fourth-order valence-corrected chi connectivity index (χ4v) is 3.12. The minimum atomic E-state index is 0.159. The minimum Gasteiger partial charge on any atom is -0.338 e. The summed E-state index contributed by atoms with van der Waals surface area (Å²) >= 11 is 3.44. The molecule has 3 nitrogen and oxygen atoms in total. The number of rotatable bonds is 5. The zero-order chi connectivity index (χ0) is 14.4. The van der Waals surface area contributed by atoms with Crippen LogP contribution < -0.4 is 5.32 Å². The summed E-state index contributed by atoms with van der Waals surface area (Å²) in [5.41, 5.74) is 0.779.